The molecule has 1 aromatic heterocycles. The Hall–Kier alpha value is -3.93. The number of aryl methyl sites for hydroxylation is 1. The maximum absolute atomic E-state index is 10.7. The van der Waals surface area contributed by atoms with Crippen LogP contribution in [0.3, 0.4) is 0 Å². The highest BCUT2D eigenvalue weighted by molar-refractivity contribution is 5.86. The number of aromatic hydroxyl groups is 1. The van der Waals surface area contributed by atoms with Crippen LogP contribution in [0.25, 0.3) is 22.4 Å². The Balaban J connectivity index is 1.65. The molecule has 0 unspecified atom stereocenters. The number of rotatable bonds is 7. The molecule has 4 aromatic rings. The first-order chi connectivity index (χ1) is 15.1. The van der Waals surface area contributed by atoms with E-state index in [1.165, 1.54) is 0 Å². The third-order valence-electron chi connectivity index (χ3n) is 5.09. The van der Waals surface area contributed by atoms with Gasteiger partial charge in [-0.25, -0.2) is 0 Å². The highest BCUT2D eigenvalue weighted by Crippen LogP contribution is 2.41. The quantitative estimate of drug-likeness (QED) is 0.424. The van der Waals surface area contributed by atoms with Crippen molar-refractivity contribution in [3.05, 3.63) is 78.0 Å². The fraction of sp³-hybridized carbons (Fsp3) is 0.160. The van der Waals surface area contributed by atoms with Crippen LogP contribution in [0.2, 0.25) is 0 Å². The second-order valence-electron chi connectivity index (χ2n) is 7.10. The topological polar surface area (TPSA) is 76.6 Å². The van der Waals surface area contributed by atoms with Crippen molar-refractivity contribution >= 4 is 0 Å². The van der Waals surface area contributed by atoms with Gasteiger partial charge in [-0.2, -0.15) is 5.10 Å². The molecule has 4 rings (SSSR count). The molecule has 3 aromatic carbocycles. The van der Waals surface area contributed by atoms with Crippen molar-refractivity contribution < 1.29 is 19.3 Å². The molecule has 0 aliphatic heterocycles. The van der Waals surface area contributed by atoms with Crippen molar-refractivity contribution in [1.82, 2.24) is 10.2 Å². The molecule has 0 spiro atoms. The van der Waals surface area contributed by atoms with Gasteiger partial charge in [0.15, 0.2) is 11.5 Å². The molecule has 0 bridgehead atoms. The van der Waals surface area contributed by atoms with Crippen molar-refractivity contribution in [2.75, 3.05) is 14.2 Å². The van der Waals surface area contributed by atoms with Crippen LogP contribution in [0.5, 0.6) is 23.0 Å². The number of hydrogen-bond donors (Lipinski definition) is 2. The Labute approximate surface area is 181 Å². The van der Waals surface area contributed by atoms with Crippen LogP contribution < -0.4 is 14.2 Å². The lowest BCUT2D eigenvalue weighted by atomic mass is 9.98. The van der Waals surface area contributed by atoms with Crippen LogP contribution in [-0.2, 0) is 6.61 Å². The maximum atomic E-state index is 10.7. The standard InChI is InChI=1S/C25H24N2O4/c1-16-24(18-9-12-22(29-2)23(13-18)30-3)25(27-26-16)20-11-10-19(14-21(20)28)31-15-17-7-5-4-6-8-17/h4-14,28H,15H2,1-3H3,(H,26,27). The molecule has 0 fully saturated rings. The second-order valence-corrected chi connectivity index (χ2v) is 7.10. The predicted octanol–water partition coefficient (Wildman–Crippen LogP) is 5.35. The normalized spacial score (nSPS) is 10.7. The largest absolute Gasteiger partial charge is 0.507 e. The SMILES string of the molecule is COc1ccc(-c2c(-c3ccc(OCc4ccccc4)cc3O)n[nH]c2C)cc1OC. The highest BCUT2D eigenvalue weighted by atomic mass is 16.5. The van der Waals surface area contributed by atoms with E-state index in [-0.39, 0.29) is 5.75 Å². The lowest BCUT2D eigenvalue weighted by Crippen LogP contribution is -1.95. The molecule has 2 N–H and O–H groups in total. The monoisotopic (exact) mass is 416 g/mol. The summed E-state index contributed by atoms with van der Waals surface area (Å²) in [6, 6.07) is 20.8. The summed E-state index contributed by atoms with van der Waals surface area (Å²) in [7, 11) is 3.20. The zero-order valence-electron chi connectivity index (χ0n) is 17.7. The molecule has 31 heavy (non-hydrogen) atoms. The number of phenols is 1. The van der Waals surface area contributed by atoms with Crippen LogP contribution >= 0.6 is 0 Å². The van der Waals surface area contributed by atoms with Crippen molar-refractivity contribution in [2.24, 2.45) is 0 Å². The average Bonchev–Trinajstić information content (AvgIpc) is 3.19. The molecule has 6 heteroatoms. The zero-order chi connectivity index (χ0) is 21.8. The Morgan fingerprint density at radius 3 is 2.39 bits per heavy atom. The van der Waals surface area contributed by atoms with Gasteiger partial charge >= 0.3 is 0 Å². The summed E-state index contributed by atoms with van der Waals surface area (Å²) < 4.78 is 16.6. The first-order valence-corrected chi connectivity index (χ1v) is 9.88. The van der Waals surface area contributed by atoms with E-state index in [1.54, 1.807) is 20.3 Å². The second kappa shape index (κ2) is 8.83. The number of aromatic nitrogens is 2. The number of phenolic OH excluding ortho intramolecular Hbond substituents is 1. The molecule has 0 saturated carbocycles. The van der Waals surface area contributed by atoms with Gasteiger partial charge in [0.2, 0.25) is 0 Å². The van der Waals surface area contributed by atoms with Gasteiger partial charge in [0, 0.05) is 22.9 Å². The molecule has 0 amide bonds. The highest BCUT2D eigenvalue weighted by Gasteiger charge is 2.19. The Kier molecular flexibility index (Phi) is 5.80. The van der Waals surface area contributed by atoms with Crippen LogP contribution in [-0.4, -0.2) is 29.5 Å². The molecule has 158 valence electrons. The summed E-state index contributed by atoms with van der Waals surface area (Å²) in [5, 5.41) is 18.2. The number of benzene rings is 3. The van der Waals surface area contributed by atoms with Crippen LogP contribution in [0.15, 0.2) is 66.7 Å². The number of H-pyrrole nitrogens is 1. The van der Waals surface area contributed by atoms with E-state index < -0.39 is 0 Å². The molecule has 0 aliphatic rings. The van der Waals surface area contributed by atoms with E-state index in [1.807, 2.05) is 67.6 Å². The van der Waals surface area contributed by atoms with E-state index in [9.17, 15) is 5.11 Å². The van der Waals surface area contributed by atoms with E-state index in [4.69, 9.17) is 14.2 Å². The van der Waals surface area contributed by atoms with E-state index >= 15 is 0 Å². The number of ether oxygens (including phenoxy) is 3. The van der Waals surface area contributed by atoms with Crippen molar-refractivity contribution in [3.8, 4) is 45.4 Å². The number of aromatic amines is 1. The minimum Gasteiger partial charge on any atom is -0.507 e. The summed E-state index contributed by atoms with van der Waals surface area (Å²) in [4.78, 5) is 0. The van der Waals surface area contributed by atoms with Crippen molar-refractivity contribution in [1.29, 1.82) is 0 Å². The molecule has 0 atom stereocenters. The van der Waals surface area contributed by atoms with Gasteiger partial charge in [-0.15, -0.1) is 0 Å². The summed E-state index contributed by atoms with van der Waals surface area (Å²) in [6.45, 7) is 2.37. The van der Waals surface area contributed by atoms with E-state index in [0.29, 0.717) is 35.1 Å². The molecule has 1 heterocycles. The minimum absolute atomic E-state index is 0.0961. The molecule has 0 saturated heterocycles. The Morgan fingerprint density at radius 2 is 1.68 bits per heavy atom. The van der Waals surface area contributed by atoms with Crippen molar-refractivity contribution in [2.45, 2.75) is 13.5 Å². The van der Waals surface area contributed by atoms with E-state index in [0.717, 1.165) is 22.4 Å². The van der Waals surface area contributed by atoms with Gasteiger partial charge in [-0.05, 0) is 42.3 Å². The first-order valence-electron chi connectivity index (χ1n) is 9.88. The van der Waals surface area contributed by atoms with Crippen LogP contribution in [0.4, 0.5) is 0 Å². The molecular formula is C25H24N2O4. The van der Waals surface area contributed by atoms with Gasteiger partial charge in [-0.1, -0.05) is 36.4 Å². The van der Waals surface area contributed by atoms with Crippen LogP contribution in [0, 0.1) is 6.92 Å². The average molecular weight is 416 g/mol. The van der Waals surface area contributed by atoms with Gasteiger partial charge in [0.1, 0.15) is 23.8 Å². The fourth-order valence-electron chi connectivity index (χ4n) is 3.51. The van der Waals surface area contributed by atoms with Crippen LogP contribution in [0.1, 0.15) is 11.3 Å². The summed E-state index contributed by atoms with van der Waals surface area (Å²) in [6.07, 6.45) is 0. The Bertz CT molecular complexity index is 1190. The number of nitrogens with one attached hydrogen (secondary N) is 1. The summed E-state index contributed by atoms with van der Waals surface area (Å²) in [5.74, 6) is 1.96. The minimum atomic E-state index is 0.0961. The number of methoxy groups -OCH3 is 2. The van der Waals surface area contributed by atoms with Crippen molar-refractivity contribution in [3.63, 3.8) is 0 Å². The zero-order valence-corrected chi connectivity index (χ0v) is 17.7. The van der Waals surface area contributed by atoms with Gasteiger partial charge in [0.05, 0.1) is 14.2 Å². The first kappa shape index (κ1) is 20.3. The fourth-order valence-corrected chi connectivity index (χ4v) is 3.51. The summed E-state index contributed by atoms with van der Waals surface area (Å²) in [5.41, 5.74) is 4.99. The van der Waals surface area contributed by atoms with Gasteiger partial charge in [-0.3, -0.25) is 5.10 Å². The number of hydrogen-bond acceptors (Lipinski definition) is 5. The molecule has 0 radical (unpaired) electrons. The predicted molar refractivity (Wildman–Crippen MR) is 120 cm³/mol. The molecular weight excluding hydrogens is 392 g/mol. The maximum Gasteiger partial charge on any atom is 0.161 e. The smallest absolute Gasteiger partial charge is 0.161 e. The Morgan fingerprint density at radius 1 is 0.903 bits per heavy atom. The third kappa shape index (κ3) is 4.19. The van der Waals surface area contributed by atoms with E-state index in [2.05, 4.69) is 10.2 Å². The van der Waals surface area contributed by atoms with Gasteiger partial charge in [0.25, 0.3) is 0 Å². The third-order valence-corrected chi connectivity index (χ3v) is 5.09. The lowest BCUT2D eigenvalue weighted by Gasteiger charge is -2.12. The molecule has 0 aliphatic carbocycles. The molecule has 6 nitrogen and oxygen atoms in total. The lowest BCUT2D eigenvalue weighted by molar-refractivity contribution is 0.304. The summed E-state index contributed by atoms with van der Waals surface area (Å²) >= 11 is 0. The van der Waals surface area contributed by atoms with Gasteiger partial charge < -0.3 is 19.3 Å². The number of nitrogens with zero attached hydrogens (tertiary/aromatic N) is 1.